The van der Waals surface area contributed by atoms with Crippen molar-refractivity contribution in [3.8, 4) is 0 Å². The third-order valence-electron chi connectivity index (χ3n) is 3.53. The number of aromatic amines is 1. The minimum atomic E-state index is -1.03. The van der Waals surface area contributed by atoms with Gasteiger partial charge >= 0.3 is 0 Å². The first kappa shape index (κ1) is 13.5. The molecular formula is C13H18N4O2. The van der Waals surface area contributed by atoms with Crippen LogP contribution in [0.5, 0.6) is 0 Å². The minimum Gasteiger partial charge on any atom is -0.388 e. The Morgan fingerprint density at radius 3 is 2.47 bits per heavy atom. The van der Waals surface area contributed by atoms with Gasteiger partial charge in [-0.1, -0.05) is 0 Å². The van der Waals surface area contributed by atoms with Crippen molar-refractivity contribution in [1.29, 1.82) is 0 Å². The topological polar surface area (TPSA) is 90.9 Å². The first-order valence-electron chi connectivity index (χ1n) is 6.06. The van der Waals surface area contributed by atoms with Crippen LogP contribution in [0.1, 0.15) is 38.1 Å². The molecule has 1 heterocycles. The third-order valence-corrected chi connectivity index (χ3v) is 3.53. The molecule has 0 aliphatic carbocycles. The largest absolute Gasteiger partial charge is 0.388 e. The maximum atomic E-state index is 12.2. The van der Waals surface area contributed by atoms with Crippen LogP contribution in [0.25, 0.3) is 11.0 Å². The van der Waals surface area contributed by atoms with Crippen LogP contribution in [0.15, 0.2) is 18.2 Å². The van der Waals surface area contributed by atoms with Gasteiger partial charge in [-0.15, -0.1) is 0 Å². The van der Waals surface area contributed by atoms with E-state index in [0.29, 0.717) is 16.6 Å². The molecule has 2 rings (SSSR count). The molecule has 0 fully saturated rings. The molecule has 3 N–H and O–H groups in total. The van der Waals surface area contributed by atoms with Crippen molar-refractivity contribution in [2.24, 2.45) is 0 Å². The van der Waals surface area contributed by atoms with Gasteiger partial charge in [0.25, 0.3) is 5.91 Å². The maximum absolute atomic E-state index is 12.2. The Morgan fingerprint density at radius 2 is 1.84 bits per heavy atom. The summed E-state index contributed by atoms with van der Waals surface area (Å²) in [5.74, 6) is -0.253. The van der Waals surface area contributed by atoms with Gasteiger partial charge in [0, 0.05) is 5.56 Å². The SMILES string of the molecule is CC(C)(O)C(C)(C)NC(=O)c1ccc2n[nH]nc2c1. The second kappa shape index (κ2) is 4.31. The van der Waals surface area contributed by atoms with Gasteiger partial charge in [-0.3, -0.25) is 4.79 Å². The normalized spacial score (nSPS) is 12.7. The Hall–Kier alpha value is -1.95. The smallest absolute Gasteiger partial charge is 0.251 e. The predicted octanol–water partition coefficient (Wildman–Crippen LogP) is 1.24. The summed E-state index contributed by atoms with van der Waals surface area (Å²) in [6.45, 7) is 6.88. The van der Waals surface area contributed by atoms with Crippen LogP contribution in [0.3, 0.4) is 0 Å². The lowest BCUT2D eigenvalue weighted by Crippen LogP contribution is -2.57. The molecule has 0 spiro atoms. The lowest BCUT2D eigenvalue weighted by molar-refractivity contribution is -0.00292. The van der Waals surface area contributed by atoms with Crippen LogP contribution in [0, 0.1) is 0 Å². The highest BCUT2D eigenvalue weighted by Crippen LogP contribution is 2.21. The molecule has 6 heteroatoms. The van der Waals surface area contributed by atoms with Crippen molar-refractivity contribution in [2.75, 3.05) is 0 Å². The van der Waals surface area contributed by atoms with E-state index >= 15 is 0 Å². The Morgan fingerprint density at radius 1 is 1.21 bits per heavy atom. The summed E-state index contributed by atoms with van der Waals surface area (Å²) < 4.78 is 0. The number of carbonyl (C=O) groups is 1. The zero-order valence-corrected chi connectivity index (χ0v) is 11.5. The first-order valence-corrected chi connectivity index (χ1v) is 6.06. The molecule has 1 aromatic heterocycles. The van der Waals surface area contributed by atoms with Crippen molar-refractivity contribution < 1.29 is 9.90 Å². The van der Waals surface area contributed by atoms with Gasteiger partial charge in [-0.05, 0) is 45.9 Å². The van der Waals surface area contributed by atoms with Crippen LogP contribution >= 0.6 is 0 Å². The van der Waals surface area contributed by atoms with Gasteiger partial charge in [-0.25, -0.2) is 0 Å². The number of hydrogen-bond acceptors (Lipinski definition) is 4. The third kappa shape index (κ3) is 2.58. The number of hydrogen-bond donors (Lipinski definition) is 3. The number of nitrogens with one attached hydrogen (secondary N) is 2. The van der Waals surface area contributed by atoms with E-state index in [1.807, 2.05) is 0 Å². The Labute approximate surface area is 111 Å². The second-order valence-corrected chi connectivity index (χ2v) is 5.67. The van der Waals surface area contributed by atoms with Gasteiger partial charge in [0.2, 0.25) is 0 Å². The van der Waals surface area contributed by atoms with E-state index in [2.05, 4.69) is 20.7 Å². The molecule has 0 aliphatic heterocycles. The highest BCUT2D eigenvalue weighted by atomic mass is 16.3. The number of nitrogens with zero attached hydrogens (tertiary/aromatic N) is 2. The zero-order chi connectivity index (χ0) is 14.3. The van der Waals surface area contributed by atoms with Crippen molar-refractivity contribution >= 4 is 16.9 Å². The fourth-order valence-corrected chi connectivity index (χ4v) is 1.49. The molecule has 0 unspecified atom stereocenters. The molecule has 1 amide bonds. The quantitative estimate of drug-likeness (QED) is 0.776. The van der Waals surface area contributed by atoms with Crippen LogP contribution in [0.2, 0.25) is 0 Å². The molecule has 0 bridgehead atoms. The van der Waals surface area contributed by atoms with Gasteiger partial charge in [0.1, 0.15) is 11.0 Å². The number of aliphatic hydroxyl groups is 1. The molecule has 19 heavy (non-hydrogen) atoms. The minimum absolute atomic E-state index is 0.253. The van der Waals surface area contributed by atoms with E-state index in [1.54, 1.807) is 45.9 Å². The number of aromatic nitrogens is 3. The Bertz CT molecular complexity index is 610. The van der Waals surface area contributed by atoms with E-state index < -0.39 is 11.1 Å². The fraction of sp³-hybridized carbons (Fsp3) is 0.462. The zero-order valence-electron chi connectivity index (χ0n) is 11.5. The van der Waals surface area contributed by atoms with Crippen LogP contribution < -0.4 is 5.32 Å². The molecule has 2 aromatic rings. The first-order chi connectivity index (χ1) is 8.71. The summed E-state index contributed by atoms with van der Waals surface area (Å²) in [6.07, 6.45) is 0. The van der Waals surface area contributed by atoms with Crippen LogP contribution in [0.4, 0.5) is 0 Å². The average molecular weight is 262 g/mol. The number of rotatable bonds is 3. The standard InChI is InChI=1S/C13H18N4O2/c1-12(2,13(3,4)19)14-11(18)8-5-6-9-10(7-8)16-17-15-9/h5-7,19H,1-4H3,(H,14,18)(H,15,16,17). The van der Waals surface area contributed by atoms with Crippen LogP contribution in [-0.4, -0.2) is 37.6 Å². The van der Waals surface area contributed by atoms with E-state index in [9.17, 15) is 9.90 Å². The summed E-state index contributed by atoms with van der Waals surface area (Å²) in [5, 5.41) is 23.2. The lowest BCUT2D eigenvalue weighted by atomic mass is 9.85. The Balaban J connectivity index is 2.24. The number of benzene rings is 1. The van der Waals surface area contributed by atoms with Crippen molar-refractivity contribution in [3.63, 3.8) is 0 Å². The summed E-state index contributed by atoms with van der Waals surface area (Å²) in [7, 11) is 0. The second-order valence-electron chi connectivity index (χ2n) is 5.67. The van der Waals surface area contributed by atoms with E-state index in [0.717, 1.165) is 0 Å². The van der Waals surface area contributed by atoms with Crippen molar-refractivity contribution in [2.45, 2.75) is 38.8 Å². The van der Waals surface area contributed by atoms with E-state index in [4.69, 9.17) is 0 Å². The fourth-order valence-electron chi connectivity index (χ4n) is 1.49. The summed E-state index contributed by atoms with van der Waals surface area (Å²) in [4.78, 5) is 12.2. The van der Waals surface area contributed by atoms with Crippen LogP contribution in [-0.2, 0) is 0 Å². The number of carbonyl (C=O) groups excluding carboxylic acids is 1. The summed E-state index contributed by atoms with van der Waals surface area (Å²) >= 11 is 0. The average Bonchev–Trinajstić information content (AvgIpc) is 2.73. The molecule has 0 saturated heterocycles. The van der Waals surface area contributed by atoms with E-state index in [-0.39, 0.29) is 5.91 Å². The molecular weight excluding hydrogens is 244 g/mol. The predicted molar refractivity (Wildman–Crippen MR) is 71.7 cm³/mol. The molecule has 0 saturated carbocycles. The molecule has 1 aromatic carbocycles. The number of fused-ring (bicyclic) bond motifs is 1. The highest BCUT2D eigenvalue weighted by Gasteiger charge is 2.36. The monoisotopic (exact) mass is 262 g/mol. The van der Waals surface area contributed by atoms with Gasteiger partial charge in [0.05, 0.1) is 11.1 Å². The van der Waals surface area contributed by atoms with Crippen molar-refractivity contribution in [1.82, 2.24) is 20.7 Å². The summed E-state index contributed by atoms with van der Waals surface area (Å²) in [5.41, 5.74) is 0.0505. The molecule has 0 atom stereocenters. The number of amides is 1. The summed E-state index contributed by atoms with van der Waals surface area (Å²) in [6, 6.07) is 5.07. The number of H-pyrrole nitrogens is 1. The lowest BCUT2D eigenvalue weighted by Gasteiger charge is -2.38. The van der Waals surface area contributed by atoms with Gasteiger partial charge in [0.15, 0.2) is 0 Å². The van der Waals surface area contributed by atoms with E-state index in [1.165, 1.54) is 0 Å². The Kier molecular flexibility index (Phi) is 3.06. The molecule has 6 nitrogen and oxygen atoms in total. The van der Waals surface area contributed by atoms with Gasteiger partial charge < -0.3 is 10.4 Å². The maximum Gasteiger partial charge on any atom is 0.251 e. The molecule has 102 valence electrons. The highest BCUT2D eigenvalue weighted by molar-refractivity contribution is 5.97. The van der Waals surface area contributed by atoms with Crippen molar-refractivity contribution in [3.05, 3.63) is 23.8 Å². The van der Waals surface area contributed by atoms with Gasteiger partial charge in [-0.2, -0.15) is 15.4 Å². The molecule has 0 radical (unpaired) electrons. The molecule has 0 aliphatic rings.